The minimum Gasteiger partial charge on any atom is -0.504 e. The van der Waals surface area contributed by atoms with Gasteiger partial charge in [0.25, 0.3) is 0 Å². The summed E-state index contributed by atoms with van der Waals surface area (Å²) in [6.45, 7) is -3.59. The van der Waals surface area contributed by atoms with E-state index in [1.165, 1.54) is 36.4 Å². The molecular formula is C33H42O19. The highest BCUT2D eigenvalue weighted by Crippen LogP contribution is 2.34. The summed E-state index contributed by atoms with van der Waals surface area (Å²) in [6, 6.07) is 7.82. The summed E-state index contributed by atoms with van der Waals surface area (Å²) >= 11 is 0. The molecule has 5 rings (SSSR count). The molecule has 2 aromatic carbocycles. The molecule has 0 amide bonds. The highest BCUT2D eigenvalue weighted by Gasteiger charge is 2.55. The summed E-state index contributed by atoms with van der Waals surface area (Å²) in [5, 5.41) is 112. The second-order valence-corrected chi connectivity index (χ2v) is 12.7. The molecule has 0 aliphatic carbocycles. The van der Waals surface area contributed by atoms with Gasteiger partial charge < -0.3 is 89.3 Å². The van der Waals surface area contributed by atoms with Gasteiger partial charge in [-0.05, 0) is 47.9 Å². The summed E-state index contributed by atoms with van der Waals surface area (Å²) in [6.07, 6.45) is -12.6. The van der Waals surface area contributed by atoms with Gasteiger partial charge in [0, 0.05) is 6.08 Å². The summed E-state index contributed by atoms with van der Waals surface area (Å²) < 4.78 is 39.7. The summed E-state index contributed by atoms with van der Waals surface area (Å²) in [7, 11) is 0. The molecule has 11 atom stereocenters. The highest BCUT2D eigenvalue weighted by atomic mass is 16.8. The first-order valence-electron chi connectivity index (χ1n) is 16.1. The van der Waals surface area contributed by atoms with Crippen molar-refractivity contribution in [2.24, 2.45) is 0 Å². The fraction of sp³-hybridized carbons (Fsp3) is 0.545. The fourth-order valence-electron chi connectivity index (χ4n) is 5.65. The number of carbonyl (C=O) groups is 1. The first kappa shape index (κ1) is 39.5. The maximum absolute atomic E-state index is 13.2. The van der Waals surface area contributed by atoms with Crippen LogP contribution >= 0.6 is 0 Å². The molecule has 3 aliphatic rings. The maximum Gasteiger partial charge on any atom is 0.331 e. The molecule has 0 spiro atoms. The third-order valence-corrected chi connectivity index (χ3v) is 8.87. The SMILES string of the molecule is O=C(/C=C/c1ccc(O)c(O)c1)O[C@H]1[C@H](O[C@@H]2OC[C@](O)(CO)[C@H]2O)[C@@H](O)[C@H](OCCc2ccc(O)c(O)c2)O[C@@H]1CO[C@@H]1OC[C@](O)(CO)[C@H]1O. The van der Waals surface area contributed by atoms with Crippen molar-refractivity contribution in [3.05, 3.63) is 53.6 Å². The number of aliphatic hydroxyl groups excluding tert-OH is 5. The molecule has 0 radical (unpaired) electrons. The van der Waals surface area contributed by atoms with E-state index >= 15 is 0 Å². The molecule has 288 valence electrons. The Balaban J connectivity index is 1.40. The number of phenols is 4. The number of rotatable bonds is 14. The van der Waals surface area contributed by atoms with Crippen molar-refractivity contribution in [3.63, 3.8) is 0 Å². The highest BCUT2D eigenvalue weighted by molar-refractivity contribution is 5.87. The van der Waals surface area contributed by atoms with Crippen molar-refractivity contribution in [2.75, 3.05) is 39.6 Å². The average molecular weight is 743 g/mol. The van der Waals surface area contributed by atoms with Crippen LogP contribution in [0.4, 0.5) is 0 Å². The van der Waals surface area contributed by atoms with E-state index in [0.717, 1.165) is 12.1 Å². The van der Waals surface area contributed by atoms with E-state index < -0.39 is 117 Å². The Bertz CT molecular complexity index is 1560. The van der Waals surface area contributed by atoms with Crippen molar-refractivity contribution < 1.29 is 94.1 Å². The number of carbonyl (C=O) groups excluding carboxylic acids is 1. The van der Waals surface area contributed by atoms with Crippen LogP contribution in [0.5, 0.6) is 23.0 Å². The van der Waals surface area contributed by atoms with Crippen molar-refractivity contribution in [1.29, 1.82) is 0 Å². The van der Waals surface area contributed by atoms with Gasteiger partial charge in [0.05, 0.1) is 39.6 Å². The van der Waals surface area contributed by atoms with Gasteiger partial charge in [-0.3, -0.25) is 0 Å². The number of aliphatic hydroxyl groups is 7. The summed E-state index contributed by atoms with van der Waals surface area (Å²) in [5.74, 6) is -2.62. The molecular weight excluding hydrogens is 700 g/mol. The van der Waals surface area contributed by atoms with E-state index in [-0.39, 0.29) is 30.1 Å². The van der Waals surface area contributed by atoms with Crippen LogP contribution in [0.2, 0.25) is 0 Å². The largest absolute Gasteiger partial charge is 0.504 e. The number of hydrogen-bond acceptors (Lipinski definition) is 19. The minimum atomic E-state index is -2.14. The molecule has 3 aliphatic heterocycles. The van der Waals surface area contributed by atoms with Gasteiger partial charge in [0.2, 0.25) is 0 Å². The van der Waals surface area contributed by atoms with Gasteiger partial charge in [-0.25, -0.2) is 4.79 Å². The smallest absolute Gasteiger partial charge is 0.331 e. The van der Waals surface area contributed by atoms with Crippen LogP contribution in [0.3, 0.4) is 0 Å². The van der Waals surface area contributed by atoms with Crippen molar-refractivity contribution >= 4 is 12.0 Å². The lowest BCUT2D eigenvalue weighted by Crippen LogP contribution is -2.63. The Kier molecular flexibility index (Phi) is 12.6. The van der Waals surface area contributed by atoms with Crippen molar-refractivity contribution in [2.45, 2.75) is 73.1 Å². The zero-order chi connectivity index (χ0) is 37.8. The van der Waals surface area contributed by atoms with E-state index in [2.05, 4.69) is 0 Å². The van der Waals surface area contributed by atoms with Crippen LogP contribution in [0.25, 0.3) is 6.08 Å². The Morgan fingerprint density at radius 3 is 2.02 bits per heavy atom. The van der Waals surface area contributed by atoms with E-state index in [4.69, 9.17) is 33.2 Å². The lowest BCUT2D eigenvalue weighted by atomic mass is 9.97. The second-order valence-electron chi connectivity index (χ2n) is 12.7. The monoisotopic (exact) mass is 742 g/mol. The molecule has 0 unspecified atom stereocenters. The minimum absolute atomic E-state index is 0.138. The van der Waals surface area contributed by atoms with Crippen LogP contribution in [-0.4, -0.2) is 168 Å². The standard InChI is InChI=1S/C33H42O19/c34-12-32(44)14-48-30(27(32)42)47-11-22-25(51-23(40)6-3-16-1-4-18(36)20(38)9-16)26(52-31-28(43)33(45,13-35)15-49-31)24(41)29(50-22)46-8-7-17-2-5-19(37)21(39)10-17/h1-6,9-10,22,24-31,34-39,41-45H,7-8,11-15H2/b6-3+/t22-,24-,25-,26-,27+,28+,29-,30-,31+,32-,33-/m1/s1. The van der Waals surface area contributed by atoms with Gasteiger partial charge >= 0.3 is 5.97 Å². The number of phenolic OH excluding ortho intramolecular Hbond substituents is 4. The summed E-state index contributed by atoms with van der Waals surface area (Å²) in [4.78, 5) is 13.2. The molecule has 52 heavy (non-hydrogen) atoms. The van der Waals surface area contributed by atoms with Gasteiger partial charge in [-0.1, -0.05) is 12.1 Å². The molecule has 19 heteroatoms. The predicted molar refractivity (Wildman–Crippen MR) is 169 cm³/mol. The maximum atomic E-state index is 13.2. The van der Waals surface area contributed by atoms with E-state index in [1.807, 2.05) is 0 Å². The topological polar surface area (TPSA) is 304 Å². The van der Waals surface area contributed by atoms with E-state index in [1.54, 1.807) is 0 Å². The molecule has 3 saturated heterocycles. The van der Waals surface area contributed by atoms with Crippen molar-refractivity contribution in [3.8, 4) is 23.0 Å². The number of aromatic hydroxyl groups is 4. The second kappa shape index (κ2) is 16.6. The van der Waals surface area contributed by atoms with E-state index in [0.29, 0.717) is 5.56 Å². The lowest BCUT2D eigenvalue weighted by molar-refractivity contribution is -0.335. The Morgan fingerprint density at radius 1 is 0.788 bits per heavy atom. The molecule has 19 nitrogen and oxygen atoms in total. The first-order valence-corrected chi connectivity index (χ1v) is 16.1. The average Bonchev–Trinajstić information content (AvgIpc) is 3.58. The van der Waals surface area contributed by atoms with Crippen LogP contribution < -0.4 is 0 Å². The Labute approximate surface area is 295 Å². The van der Waals surface area contributed by atoms with Crippen molar-refractivity contribution in [1.82, 2.24) is 0 Å². The lowest BCUT2D eigenvalue weighted by Gasteiger charge is -2.44. The molecule has 3 fully saturated rings. The predicted octanol–water partition coefficient (Wildman–Crippen LogP) is -2.94. The van der Waals surface area contributed by atoms with Gasteiger partial charge in [-0.15, -0.1) is 0 Å². The normalized spacial score (nSPS) is 34.9. The molecule has 11 N–H and O–H groups in total. The number of hydrogen-bond donors (Lipinski definition) is 11. The number of benzene rings is 2. The molecule has 0 aromatic heterocycles. The third-order valence-electron chi connectivity index (χ3n) is 8.87. The van der Waals surface area contributed by atoms with Crippen LogP contribution in [-0.2, 0) is 44.4 Å². The number of esters is 1. The zero-order valence-corrected chi connectivity index (χ0v) is 27.5. The summed E-state index contributed by atoms with van der Waals surface area (Å²) in [5.41, 5.74) is -3.38. The Morgan fingerprint density at radius 2 is 1.40 bits per heavy atom. The molecule has 0 saturated carbocycles. The van der Waals surface area contributed by atoms with Gasteiger partial charge in [0.15, 0.2) is 48.0 Å². The first-order chi connectivity index (χ1) is 24.7. The van der Waals surface area contributed by atoms with Crippen LogP contribution in [0, 0.1) is 0 Å². The zero-order valence-electron chi connectivity index (χ0n) is 27.5. The fourth-order valence-corrected chi connectivity index (χ4v) is 5.65. The Hall–Kier alpha value is -3.67. The van der Waals surface area contributed by atoms with Crippen LogP contribution in [0.15, 0.2) is 42.5 Å². The molecule has 3 heterocycles. The van der Waals surface area contributed by atoms with E-state index in [9.17, 15) is 61.0 Å². The molecule has 0 bridgehead atoms. The van der Waals surface area contributed by atoms with Gasteiger partial charge in [0.1, 0.15) is 41.7 Å². The van der Waals surface area contributed by atoms with Crippen LogP contribution in [0.1, 0.15) is 11.1 Å². The third kappa shape index (κ3) is 8.75. The molecule has 2 aromatic rings. The quantitative estimate of drug-likeness (QED) is 0.0524. The van der Waals surface area contributed by atoms with Gasteiger partial charge in [-0.2, -0.15) is 0 Å². The number of ether oxygens (including phenoxy) is 7.